The maximum absolute atomic E-state index is 12.3. The number of H-pyrrole nitrogens is 1. The van der Waals surface area contributed by atoms with Gasteiger partial charge in [0.25, 0.3) is 0 Å². The first kappa shape index (κ1) is 17.8. The van der Waals surface area contributed by atoms with E-state index in [1.54, 1.807) is 29.0 Å². The maximum Gasteiger partial charge on any atom is 0.573 e. The molecule has 0 aliphatic rings. The first-order chi connectivity index (χ1) is 11.7. The van der Waals surface area contributed by atoms with Crippen molar-refractivity contribution >= 4 is 35.4 Å². The number of aromatic amines is 1. The van der Waals surface area contributed by atoms with Crippen LogP contribution in [0.15, 0.2) is 48.7 Å². The summed E-state index contributed by atoms with van der Waals surface area (Å²) < 4.78 is 42.7. The molecule has 3 rings (SSSR count). The van der Waals surface area contributed by atoms with Crippen LogP contribution < -0.4 is 4.74 Å². The highest BCUT2D eigenvalue weighted by atomic mass is 35.5. The van der Waals surface area contributed by atoms with Crippen molar-refractivity contribution in [3.63, 3.8) is 0 Å². The fourth-order valence-electron chi connectivity index (χ4n) is 2.29. The van der Waals surface area contributed by atoms with Gasteiger partial charge in [0.15, 0.2) is 4.77 Å². The largest absolute Gasteiger partial charge is 0.573 e. The van der Waals surface area contributed by atoms with Gasteiger partial charge < -0.3 is 9.72 Å². The number of rotatable bonds is 3. The second kappa shape index (κ2) is 6.74. The molecule has 3 nitrogen and oxygen atoms in total. The smallest absolute Gasteiger partial charge is 0.406 e. The van der Waals surface area contributed by atoms with Gasteiger partial charge in [0.05, 0.1) is 15.7 Å². The van der Waals surface area contributed by atoms with E-state index in [2.05, 4.69) is 9.72 Å². The van der Waals surface area contributed by atoms with Gasteiger partial charge in [-0.3, -0.25) is 4.57 Å². The molecule has 2 aromatic carbocycles. The Morgan fingerprint density at radius 2 is 1.68 bits per heavy atom. The van der Waals surface area contributed by atoms with Gasteiger partial charge in [-0.05, 0) is 48.6 Å². The van der Waals surface area contributed by atoms with Crippen molar-refractivity contribution in [2.75, 3.05) is 0 Å². The summed E-state index contributed by atoms with van der Waals surface area (Å²) in [5.74, 6) is -0.311. The van der Waals surface area contributed by atoms with Gasteiger partial charge in [-0.1, -0.05) is 29.3 Å². The number of aromatic nitrogens is 2. The van der Waals surface area contributed by atoms with Crippen molar-refractivity contribution < 1.29 is 17.9 Å². The lowest BCUT2D eigenvalue weighted by Crippen LogP contribution is -2.17. The van der Waals surface area contributed by atoms with Crippen LogP contribution in [-0.2, 0) is 0 Å². The topological polar surface area (TPSA) is 29.9 Å². The summed E-state index contributed by atoms with van der Waals surface area (Å²) in [6.07, 6.45) is -3.06. The second-order valence-corrected chi connectivity index (χ2v) is 6.19. The summed E-state index contributed by atoms with van der Waals surface area (Å²) in [6.45, 7) is 0. The number of benzene rings is 2. The third-order valence-corrected chi connectivity index (χ3v) is 4.36. The SMILES string of the molecule is FC(F)(F)Oc1ccc(-n2c(-c3ccc(Cl)c(Cl)c3)c[nH]c2=S)cc1. The number of nitrogens with one attached hydrogen (secondary N) is 1. The summed E-state index contributed by atoms with van der Waals surface area (Å²) in [5.41, 5.74) is 2.01. The molecule has 0 fully saturated rings. The number of hydrogen-bond donors (Lipinski definition) is 1. The molecule has 1 heterocycles. The standard InChI is InChI=1S/C16H9Cl2F3N2OS/c17-12-6-1-9(7-13(12)18)14-8-22-15(25)23(14)10-2-4-11(5-3-10)24-16(19,20)21/h1-8H,(H,22,25). The van der Waals surface area contributed by atoms with Crippen LogP contribution in [0.5, 0.6) is 5.75 Å². The van der Waals surface area contributed by atoms with Crippen LogP contribution in [0.1, 0.15) is 0 Å². The third kappa shape index (κ3) is 4.00. The molecule has 0 bridgehead atoms. The van der Waals surface area contributed by atoms with Crippen LogP contribution in [0, 0.1) is 4.77 Å². The number of alkyl halides is 3. The predicted molar refractivity (Wildman–Crippen MR) is 93.1 cm³/mol. The molecule has 0 saturated carbocycles. The molecule has 0 spiro atoms. The molecule has 0 amide bonds. The Labute approximate surface area is 155 Å². The van der Waals surface area contributed by atoms with E-state index in [4.69, 9.17) is 35.4 Å². The predicted octanol–water partition coefficient (Wildman–Crippen LogP) is 6.41. The molecular formula is C16H9Cl2F3N2OS. The molecule has 0 unspecified atom stereocenters. The van der Waals surface area contributed by atoms with E-state index in [9.17, 15) is 13.2 Å². The van der Waals surface area contributed by atoms with Crippen molar-refractivity contribution in [3.8, 4) is 22.7 Å². The number of hydrogen-bond acceptors (Lipinski definition) is 2. The summed E-state index contributed by atoms with van der Waals surface area (Å²) >= 11 is 17.2. The quantitative estimate of drug-likeness (QED) is 0.511. The maximum atomic E-state index is 12.3. The highest BCUT2D eigenvalue weighted by Crippen LogP contribution is 2.31. The Balaban J connectivity index is 2.02. The van der Waals surface area contributed by atoms with E-state index in [1.807, 2.05) is 0 Å². The Hall–Kier alpha value is -1.96. The van der Waals surface area contributed by atoms with E-state index in [-0.39, 0.29) is 5.75 Å². The molecule has 0 atom stereocenters. The van der Waals surface area contributed by atoms with Gasteiger partial charge in [-0.15, -0.1) is 13.2 Å². The van der Waals surface area contributed by atoms with Gasteiger partial charge in [-0.25, -0.2) is 0 Å². The van der Waals surface area contributed by atoms with E-state index >= 15 is 0 Å². The van der Waals surface area contributed by atoms with Gasteiger partial charge in [-0.2, -0.15) is 0 Å². The van der Waals surface area contributed by atoms with Crippen LogP contribution in [0.25, 0.3) is 16.9 Å². The zero-order valence-corrected chi connectivity index (χ0v) is 14.6. The minimum absolute atomic E-state index is 0.311. The molecule has 130 valence electrons. The third-order valence-electron chi connectivity index (χ3n) is 3.32. The summed E-state index contributed by atoms with van der Waals surface area (Å²) in [7, 11) is 0. The molecule has 0 radical (unpaired) electrons. The van der Waals surface area contributed by atoms with Crippen molar-refractivity contribution in [2.24, 2.45) is 0 Å². The van der Waals surface area contributed by atoms with Crippen molar-refractivity contribution in [1.29, 1.82) is 0 Å². The number of nitrogens with zero attached hydrogens (tertiary/aromatic N) is 1. The Kier molecular flexibility index (Phi) is 4.81. The summed E-state index contributed by atoms with van der Waals surface area (Å²) in [4.78, 5) is 2.91. The first-order valence-electron chi connectivity index (χ1n) is 6.86. The van der Waals surface area contributed by atoms with E-state index in [0.29, 0.717) is 26.2 Å². The average molecular weight is 405 g/mol. The molecule has 1 aromatic heterocycles. The number of imidazole rings is 1. The first-order valence-corrected chi connectivity index (χ1v) is 8.03. The van der Waals surface area contributed by atoms with Gasteiger partial charge in [0, 0.05) is 17.4 Å². The minimum Gasteiger partial charge on any atom is -0.406 e. The number of ether oxygens (including phenoxy) is 1. The fourth-order valence-corrected chi connectivity index (χ4v) is 2.85. The monoisotopic (exact) mass is 404 g/mol. The normalized spacial score (nSPS) is 11.6. The fraction of sp³-hybridized carbons (Fsp3) is 0.0625. The van der Waals surface area contributed by atoms with E-state index in [1.165, 1.54) is 24.3 Å². The van der Waals surface area contributed by atoms with Crippen LogP contribution in [0.2, 0.25) is 10.0 Å². The van der Waals surface area contributed by atoms with Crippen molar-refractivity contribution in [3.05, 3.63) is 63.5 Å². The molecule has 3 aromatic rings. The zero-order valence-electron chi connectivity index (χ0n) is 12.3. The molecular weight excluding hydrogens is 396 g/mol. The Bertz CT molecular complexity index is 965. The molecule has 1 N–H and O–H groups in total. The number of halogens is 5. The van der Waals surface area contributed by atoms with Crippen LogP contribution >= 0.6 is 35.4 Å². The lowest BCUT2D eigenvalue weighted by atomic mass is 10.1. The van der Waals surface area contributed by atoms with Crippen LogP contribution in [0.3, 0.4) is 0 Å². The van der Waals surface area contributed by atoms with Gasteiger partial charge >= 0.3 is 6.36 Å². The van der Waals surface area contributed by atoms with Crippen LogP contribution in [-0.4, -0.2) is 15.9 Å². The zero-order chi connectivity index (χ0) is 18.2. The molecule has 0 saturated heterocycles. The second-order valence-electron chi connectivity index (χ2n) is 4.99. The lowest BCUT2D eigenvalue weighted by Gasteiger charge is -2.12. The molecule has 25 heavy (non-hydrogen) atoms. The lowest BCUT2D eigenvalue weighted by molar-refractivity contribution is -0.274. The molecule has 0 aliphatic carbocycles. The molecule has 0 aliphatic heterocycles. The van der Waals surface area contributed by atoms with Crippen molar-refractivity contribution in [1.82, 2.24) is 9.55 Å². The summed E-state index contributed by atoms with van der Waals surface area (Å²) in [5, 5.41) is 0.798. The highest BCUT2D eigenvalue weighted by Gasteiger charge is 2.31. The minimum atomic E-state index is -4.74. The average Bonchev–Trinajstić information content (AvgIpc) is 2.91. The Morgan fingerprint density at radius 1 is 1.00 bits per heavy atom. The highest BCUT2D eigenvalue weighted by molar-refractivity contribution is 7.71. The molecule has 9 heteroatoms. The Morgan fingerprint density at radius 3 is 2.28 bits per heavy atom. The van der Waals surface area contributed by atoms with Crippen molar-refractivity contribution in [2.45, 2.75) is 6.36 Å². The summed E-state index contributed by atoms with van der Waals surface area (Å²) in [6, 6.07) is 10.5. The van der Waals surface area contributed by atoms with Gasteiger partial charge in [0.2, 0.25) is 0 Å². The van der Waals surface area contributed by atoms with E-state index < -0.39 is 6.36 Å². The van der Waals surface area contributed by atoms with Gasteiger partial charge in [0.1, 0.15) is 5.75 Å². The van der Waals surface area contributed by atoms with E-state index in [0.717, 1.165) is 5.56 Å². The van der Waals surface area contributed by atoms with Crippen LogP contribution in [0.4, 0.5) is 13.2 Å².